The number of nitrogens with one attached hydrogen (secondary N) is 1. The number of imidazole rings is 1. The van der Waals surface area contributed by atoms with E-state index in [2.05, 4.69) is 9.97 Å². The second kappa shape index (κ2) is 8.64. The van der Waals surface area contributed by atoms with E-state index in [-0.39, 0.29) is 5.91 Å². The van der Waals surface area contributed by atoms with E-state index in [9.17, 15) is 4.79 Å². The van der Waals surface area contributed by atoms with Gasteiger partial charge in [0.1, 0.15) is 5.82 Å². The van der Waals surface area contributed by atoms with Crippen molar-refractivity contribution in [2.45, 2.75) is 38.2 Å². The number of hydrogen-bond acceptors (Lipinski definition) is 3. The van der Waals surface area contributed by atoms with Gasteiger partial charge in [-0.2, -0.15) is 0 Å². The third-order valence-electron chi connectivity index (χ3n) is 4.47. The first-order valence-electron chi connectivity index (χ1n) is 8.71. The molecule has 5 nitrogen and oxygen atoms in total. The molecule has 1 amide bonds. The zero-order valence-corrected chi connectivity index (χ0v) is 14.0. The van der Waals surface area contributed by atoms with Gasteiger partial charge in [0, 0.05) is 44.4 Å². The Bertz CT molecular complexity index is 613. The molecule has 0 saturated carbocycles. The zero-order chi connectivity index (χ0) is 16.6. The van der Waals surface area contributed by atoms with E-state index in [1.807, 2.05) is 41.4 Å². The number of piperidine rings is 1. The molecule has 2 aromatic rings. The first-order chi connectivity index (χ1) is 11.8. The Morgan fingerprint density at radius 3 is 3.00 bits per heavy atom. The molecule has 1 atom stereocenters. The van der Waals surface area contributed by atoms with Crippen molar-refractivity contribution < 1.29 is 9.53 Å². The van der Waals surface area contributed by atoms with Gasteiger partial charge in [-0.05, 0) is 24.8 Å². The molecule has 5 heteroatoms. The highest BCUT2D eigenvalue weighted by molar-refractivity contribution is 5.76. The molecule has 1 aromatic heterocycles. The average molecular weight is 327 g/mol. The molecular weight excluding hydrogens is 302 g/mol. The summed E-state index contributed by atoms with van der Waals surface area (Å²) in [6, 6.07) is 10.1. The number of ether oxygens (including phenoxy) is 1. The van der Waals surface area contributed by atoms with E-state index in [4.69, 9.17) is 4.74 Å². The quantitative estimate of drug-likeness (QED) is 0.795. The molecule has 1 aliphatic heterocycles. The summed E-state index contributed by atoms with van der Waals surface area (Å²) in [6.45, 7) is 2.87. The molecule has 1 aliphatic rings. The number of aromatic amines is 1. The molecule has 1 saturated heterocycles. The van der Waals surface area contributed by atoms with Crippen molar-refractivity contribution in [2.24, 2.45) is 0 Å². The number of carbonyl (C=O) groups excluding carboxylic acids is 1. The van der Waals surface area contributed by atoms with Crippen molar-refractivity contribution in [3.63, 3.8) is 0 Å². The van der Waals surface area contributed by atoms with Gasteiger partial charge in [-0.25, -0.2) is 4.98 Å². The number of likely N-dealkylation sites (tertiary alicyclic amines) is 1. The molecule has 24 heavy (non-hydrogen) atoms. The Morgan fingerprint density at radius 1 is 1.33 bits per heavy atom. The smallest absolute Gasteiger partial charge is 0.222 e. The van der Waals surface area contributed by atoms with Gasteiger partial charge < -0.3 is 14.6 Å². The van der Waals surface area contributed by atoms with Crippen LogP contribution < -0.4 is 0 Å². The molecule has 1 fully saturated rings. The van der Waals surface area contributed by atoms with Crippen LogP contribution in [0.25, 0.3) is 0 Å². The Hall–Kier alpha value is -2.14. The molecule has 1 aromatic carbocycles. The van der Waals surface area contributed by atoms with E-state index in [1.165, 1.54) is 5.56 Å². The summed E-state index contributed by atoms with van der Waals surface area (Å²) in [5.74, 6) is 1.57. The molecule has 0 aliphatic carbocycles. The van der Waals surface area contributed by atoms with Crippen LogP contribution in [0, 0.1) is 0 Å². The van der Waals surface area contributed by atoms with E-state index in [0.717, 1.165) is 38.2 Å². The summed E-state index contributed by atoms with van der Waals surface area (Å²) in [7, 11) is 0. The number of rotatable bonds is 7. The molecule has 2 heterocycles. The second-order valence-corrected chi connectivity index (χ2v) is 6.30. The maximum atomic E-state index is 12.4. The minimum atomic E-state index is 0.231. The van der Waals surface area contributed by atoms with Crippen LogP contribution in [0.2, 0.25) is 0 Å². The van der Waals surface area contributed by atoms with Gasteiger partial charge in [0.2, 0.25) is 5.91 Å². The van der Waals surface area contributed by atoms with Crippen LogP contribution in [-0.4, -0.2) is 40.5 Å². The number of benzene rings is 1. The zero-order valence-electron chi connectivity index (χ0n) is 14.0. The molecule has 1 N–H and O–H groups in total. The van der Waals surface area contributed by atoms with Gasteiger partial charge in [-0.1, -0.05) is 30.3 Å². The molecule has 0 unspecified atom stereocenters. The van der Waals surface area contributed by atoms with Crippen molar-refractivity contribution in [1.29, 1.82) is 0 Å². The van der Waals surface area contributed by atoms with E-state index < -0.39 is 0 Å². The summed E-state index contributed by atoms with van der Waals surface area (Å²) in [5, 5.41) is 0. The minimum absolute atomic E-state index is 0.231. The van der Waals surface area contributed by atoms with Crippen molar-refractivity contribution in [1.82, 2.24) is 14.9 Å². The number of carbonyl (C=O) groups is 1. The molecule has 0 spiro atoms. The number of hydrogen-bond donors (Lipinski definition) is 1. The fourth-order valence-electron chi connectivity index (χ4n) is 3.18. The van der Waals surface area contributed by atoms with Gasteiger partial charge in [-0.3, -0.25) is 4.79 Å². The monoisotopic (exact) mass is 327 g/mol. The lowest BCUT2D eigenvalue weighted by Crippen LogP contribution is -2.39. The minimum Gasteiger partial charge on any atom is -0.377 e. The third-order valence-corrected chi connectivity index (χ3v) is 4.47. The Balaban J connectivity index is 1.36. The van der Waals surface area contributed by atoms with Crippen LogP contribution in [0.15, 0.2) is 42.7 Å². The highest BCUT2D eigenvalue weighted by Gasteiger charge is 2.25. The van der Waals surface area contributed by atoms with Gasteiger partial charge in [-0.15, -0.1) is 0 Å². The highest BCUT2D eigenvalue weighted by atomic mass is 16.5. The first kappa shape index (κ1) is 16.7. The molecular formula is C19H25N3O2. The number of aromatic nitrogens is 2. The predicted molar refractivity (Wildman–Crippen MR) is 92.5 cm³/mol. The molecule has 0 radical (unpaired) electrons. The Kier molecular flexibility index (Phi) is 6.01. The van der Waals surface area contributed by atoms with Crippen LogP contribution in [0.3, 0.4) is 0 Å². The van der Waals surface area contributed by atoms with Crippen LogP contribution in [0.5, 0.6) is 0 Å². The van der Waals surface area contributed by atoms with Crippen molar-refractivity contribution in [3.8, 4) is 0 Å². The average Bonchev–Trinajstić information content (AvgIpc) is 3.17. The fourth-order valence-corrected chi connectivity index (χ4v) is 3.18. The van der Waals surface area contributed by atoms with Crippen LogP contribution in [0.1, 0.15) is 43.0 Å². The van der Waals surface area contributed by atoms with E-state index in [1.54, 1.807) is 6.20 Å². The topological polar surface area (TPSA) is 58.2 Å². The Labute approximate surface area is 143 Å². The lowest BCUT2D eigenvalue weighted by molar-refractivity contribution is -0.132. The maximum Gasteiger partial charge on any atom is 0.222 e. The lowest BCUT2D eigenvalue weighted by atomic mass is 9.97. The summed E-state index contributed by atoms with van der Waals surface area (Å²) in [4.78, 5) is 21.9. The third kappa shape index (κ3) is 4.68. The van der Waals surface area contributed by atoms with Gasteiger partial charge in [0.05, 0.1) is 6.61 Å². The fraction of sp³-hybridized carbons (Fsp3) is 0.474. The van der Waals surface area contributed by atoms with Gasteiger partial charge >= 0.3 is 0 Å². The van der Waals surface area contributed by atoms with E-state index >= 15 is 0 Å². The summed E-state index contributed by atoms with van der Waals surface area (Å²) < 4.78 is 5.65. The predicted octanol–water partition coefficient (Wildman–Crippen LogP) is 3.11. The molecule has 128 valence electrons. The number of amides is 1. The van der Waals surface area contributed by atoms with Crippen molar-refractivity contribution >= 4 is 5.91 Å². The Morgan fingerprint density at radius 2 is 2.21 bits per heavy atom. The van der Waals surface area contributed by atoms with Crippen LogP contribution in [-0.2, 0) is 16.1 Å². The standard InChI is InChI=1S/C19H25N3O2/c23-18(9-5-13-24-15-16-6-2-1-3-7-16)22-12-4-8-17(14-22)19-20-10-11-21-19/h1-3,6-7,10-11,17H,4-5,8-9,12-15H2,(H,20,21)/t17-/m0/s1. The summed E-state index contributed by atoms with van der Waals surface area (Å²) in [5.41, 5.74) is 1.17. The largest absolute Gasteiger partial charge is 0.377 e. The lowest BCUT2D eigenvalue weighted by Gasteiger charge is -2.32. The van der Waals surface area contributed by atoms with Gasteiger partial charge in [0.15, 0.2) is 0 Å². The van der Waals surface area contributed by atoms with Crippen molar-refractivity contribution in [3.05, 3.63) is 54.1 Å². The first-order valence-corrected chi connectivity index (χ1v) is 8.71. The molecule has 0 bridgehead atoms. The van der Waals surface area contributed by atoms with Crippen LogP contribution >= 0.6 is 0 Å². The summed E-state index contributed by atoms with van der Waals surface area (Å²) >= 11 is 0. The maximum absolute atomic E-state index is 12.4. The van der Waals surface area contributed by atoms with Crippen LogP contribution in [0.4, 0.5) is 0 Å². The normalized spacial score (nSPS) is 17.8. The number of H-pyrrole nitrogens is 1. The summed E-state index contributed by atoms with van der Waals surface area (Å²) in [6.07, 6.45) is 7.09. The highest BCUT2D eigenvalue weighted by Crippen LogP contribution is 2.24. The van der Waals surface area contributed by atoms with Crippen molar-refractivity contribution in [2.75, 3.05) is 19.7 Å². The van der Waals surface area contributed by atoms with Gasteiger partial charge in [0.25, 0.3) is 0 Å². The number of nitrogens with zero attached hydrogens (tertiary/aromatic N) is 2. The molecule has 3 rings (SSSR count). The van der Waals surface area contributed by atoms with E-state index in [0.29, 0.717) is 25.6 Å². The second-order valence-electron chi connectivity index (χ2n) is 6.30. The SMILES string of the molecule is O=C(CCCOCc1ccccc1)N1CCC[C@H](c2ncc[nH]2)C1.